The maximum Gasteiger partial charge on any atom is 0.256 e. The number of nitrogens with one attached hydrogen (secondary N) is 1. The maximum atomic E-state index is 14.2. The molecule has 2 unspecified atom stereocenters. The Bertz CT molecular complexity index is 956. The van der Waals surface area contributed by atoms with Crippen LogP contribution in [0.2, 0.25) is 0 Å². The molecule has 1 saturated heterocycles. The molecule has 0 aliphatic carbocycles. The lowest BCUT2D eigenvalue weighted by Crippen LogP contribution is -2.32. The molecule has 1 amide bonds. The van der Waals surface area contributed by atoms with E-state index in [0.717, 1.165) is 23.6 Å². The fraction of sp³-hybridized carbons (Fsp3) is 0.222. The number of carbonyl (C=O) groups is 1. The Labute approximate surface area is 141 Å². The number of aromatic nitrogens is 2. The molecule has 1 aliphatic heterocycles. The van der Waals surface area contributed by atoms with Crippen molar-refractivity contribution in [2.45, 2.75) is 18.6 Å². The first kappa shape index (κ1) is 15.7. The summed E-state index contributed by atoms with van der Waals surface area (Å²) in [6, 6.07) is 7.61. The summed E-state index contributed by atoms with van der Waals surface area (Å²) in [5.74, 6) is -1.54. The number of para-hydroxylation sites is 1. The zero-order valence-electron chi connectivity index (χ0n) is 13.1. The first-order chi connectivity index (χ1) is 12.0. The summed E-state index contributed by atoms with van der Waals surface area (Å²) in [6.07, 6.45) is 0.970. The van der Waals surface area contributed by atoms with Crippen molar-refractivity contribution in [2.75, 3.05) is 6.54 Å². The Hall–Kier alpha value is -2.80. The van der Waals surface area contributed by atoms with Gasteiger partial charge in [-0.25, -0.2) is 8.78 Å². The van der Waals surface area contributed by atoms with Crippen LogP contribution in [0.15, 0.2) is 42.6 Å². The molecule has 2 aromatic carbocycles. The van der Waals surface area contributed by atoms with Crippen molar-refractivity contribution in [1.82, 2.24) is 15.1 Å². The average Bonchev–Trinajstić information content (AvgIpc) is 3.22. The van der Waals surface area contributed by atoms with Crippen LogP contribution in [0.4, 0.5) is 8.78 Å². The Morgan fingerprint density at radius 1 is 1.28 bits per heavy atom. The van der Waals surface area contributed by atoms with Crippen LogP contribution in [0, 0.1) is 11.6 Å². The van der Waals surface area contributed by atoms with Crippen molar-refractivity contribution in [1.29, 1.82) is 0 Å². The predicted molar refractivity (Wildman–Crippen MR) is 86.9 cm³/mol. The molecule has 1 fully saturated rings. The number of halogens is 2. The SMILES string of the molecule is O=C(c1cccc2cn[nH]c12)N1CC(O)CC1c1cc(F)ccc1F. The minimum atomic E-state index is -0.794. The van der Waals surface area contributed by atoms with E-state index in [1.807, 2.05) is 6.07 Å². The van der Waals surface area contributed by atoms with Crippen molar-refractivity contribution in [3.05, 3.63) is 65.4 Å². The van der Waals surface area contributed by atoms with Crippen LogP contribution in [0.1, 0.15) is 28.4 Å². The predicted octanol–water partition coefficient (Wildman–Crippen LogP) is 2.79. The highest BCUT2D eigenvalue weighted by molar-refractivity contribution is 6.05. The van der Waals surface area contributed by atoms with E-state index in [1.54, 1.807) is 18.3 Å². The Morgan fingerprint density at radius 2 is 2.12 bits per heavy atom. The number of β-amino-alcohol motifs (C(OH)–C–C–N with tert-alkyl or cyclic N) is 1. The number of aliphatic hydroxyl groups excluding tert-OH is 1. The van der Waals surface area contributed by atoms with Crippen molar-refractivity contribution < 1.29 is 18.7 Å². The number of hydrogen-bond acceptors (Lipinski definition) is 3. The van der Waals surface area contributed by atoms with Gasteiger partial charge in [0.15, 0.2) is 0 Å². The lowest BCUT2D eigenvalue weighted by atomic mass is 10.0. The third-order valence-corrected chi connectivity index (χ3v) is 4.56. The van der Waals surface area contributed by atoms with E-state index in [9.17, 15) is 18.7 Å². The highest BCUT2D eigenvalue weighted by Crippen LogP contribution is 2.35. The minimum Gasteiger partial charge on any atom is -0.391 e. The molecule has 3 aromatic rings. The molecular formula is C18H15F2N3O2. The number of benzene rings is 2. The lowest BCUT2D eigenvalue weighted by molar-refractivity contribution is 0.0715. The fourth-order valence-corrected chi connectivity index (χ4v) is 3.40. The van der Waals surface area contributed by atoms with Crippen LogP contribution in [-0.4, -0.2) is 38.8 Å². The molecule has 0 radical (unpaired) electrons. The van der Waals surface area contributed by atoms with E-state index in [2.05, 4.69) is 10.2 Å². The van der Waals surface area contributed by atoms with Crippen molar-refractivity contribution >= 4 is 16.8 Å². The topological polar surface area (TPSA) is 69.2 Å². The van der Waals surface area contributed by atoms with Crippen LogP contribution < -0.4 is 0 Å². The van der Waals surface area contributed by atoms with Gasteiger partial charge in [-0.1, -0.05) is 12.1 Å². The number of aromatic amines is 1. The number of hydrogen-bond donors (Lipinski definition) is 2. The second kappa shape index (κ2) is 5.93. The normalized spacial score (nSPS) is 20.4. The number of rotatable bonds is 2. The summed E-state index contributed by atoms with van der Waals surface area (Å²) < 4.78 is 27.8. The van der Waals surface area contributed by atoms with Gasteiger partial charge in [0.05, 0.1) is 29.4 Å². The van der Waals surface area contributed by atoms with Gasteiger partial charge in [0, 0.05) is 17.5 Å². The maximum absolute atomic E-state index is 14.2. The quantitative estimate of drug-likeness (QED) is 0.752. The molecule has 2 heterocycles. The molecule has 2 atom stereocenters. The second-order valence-electron chi connectivity index (χ2n) is 6.17. The van der Waals surface area contributed by atoms with Crippen LogP contribution in [0.5, 0.6) is 0 Å². The highest BCUT2D eigenvalue weighted by atomic mass is 19.1. The standard InChI is InChI=1S/C18H15F2N3O2/c19-11-4-5-15(20)14(6-11)16-7-12(24)9-23(16)18(25)13-3-1-2-10-8-21-22-17(10)13/h1-6,8,12,16,24H,7,9H2,(H,21,22). The fourth-order valence-electron chi connectivity index (χ4n) is 3.40. The molecule has 7 heteroatoms. The molecule has 0 spiro atoms. The largest absolute Gasteiger partial charge is 0.391 e. The molecule has 0 saturated carbocycles. The van der Waals surface area contributed by atoms with Gasteiger partial charge >= 0.3 is 0 Å². The van der Waals surface area contributed by atoms with Crippen molar-refractivity contribution in [3.8, 4) is 0 Å². The van der Waals surface area contributed by atoms with Gasteiger partial charge in [0.2, 0.25) is 0 Å². The first-order valence-corrected chi connectivity index (χ1v) is 7.90. The van der Waals surface area contributed by atoms with Crippen molar-refractivity contribution in [3.63, 3.8) is 0 Å². The number of H-pyrrole nitrogens is 1. The van der Waals surface area contributed by atoms with E-state index in [4.69, 9.17) is 0 Å². The van der Waals surface area contributed by atoms with E-state index < -0.39 is 23.8 Å². The summed E-state index contributed by atoms with van der Waals surface area (Å²) in [5, 5.41) is 17.5. The summed E-state index contributed by atoms with van der Waals surface area (Å²) in [7, 11) is 0. The zero-order chi connectivity index (χ0) is 17.6. The van der Waals surface area contributed by atoms with Crippen LogP contribution in [0.3, 0.4) is 0 Å². The molecule has 0 bridgehead atoms. The first-order valence-electron chi connectivity index (χ1n) is 7.90. The molecule has 4 rings (SSSR count). The molecule has 2 N–H and O–H groups in total. The number of amides is 1. The summed E-state index contributed by atoms with van der Waals surface area (Å²) in [5.41, 5.74) is 1.03. The van der Waals surface area contributed by atoms with Crippen LogP contribution in [0.25, 0.3) is 10.9 Å². The molecular weight excluding hydrogens is 328 g/mol. The van der Waals surface area contributed by atoms with Gasteiger partial charge < -0.3 is 10.0 Å². The number of nitrogens with zero attached hydrogens (tertiary/aromatic N) is 2. The van der Waals surface area contributed by atoms with E-state index >= 15 is 0 Å². The van der Waals surface area contributed by atoms with E-state index in [1.165, 1.54) is 4.90 Å². The van der Waals surface area contributed by atoms with Crippen molar-refractivity contribution in [2.24, 2.45) is 0 Å². The zero-order valence-corrected chi connectivity index (χ0v) is 13.1. The van der Waals surface area contributed by atoms with Gasteiger partial charge in [-0.2, -0.15) is 5.10 Å². The third-order valence-electron chi connectivity index (χ3n) is 4.56. The summed E-state index contributed by atoms with van der Waals surface area (Å²) in [4.78, 5) is 14.4. The monoisotopic (exact) mass is 343 g/mol. The van der Waals surface area contributed by atoms with Crippen LogP contribution in [-0.2, 0) is 0 Å². The highest BCUT2D eigenvalue weighted by Gasteiger charge is 2.37. The number of fused-ring (bicyclic) bond motifs is 1. The Kier molecular flexibility index (Phi) is 3.73. The molecule has 25 heavy (non-hydrogen) atoms. The lowest BCUT2D eigenvalue weighted by Gasteiger charge is -2.25. The number of likely N-dealkylation sites (tertiary alicyclic amines) is 1. The van der Waals surface area contributed by atoms with E-state index in [0.29, 0.717) is 11.1 Å². The molecule has 5 nitrogen and oxygen atoms in total. The smallest absolute Gasteiger partial charge is 0.256 e. The molecule has 1 aliphatic rings. The minimum absolute atomic E-state index is 0.0595. The Morgan fingerprint density at radius 3 is 2.96 bits per heavy atom. The average molecular weight is 343 g/mol. The molecule has 1 aromatic heterocycles. The Balaban J connectivity index is 1.76. The van der Waals surface area contributed by atoms with E-state index in [-0.39, 0.29) is 24.4 Å². The van der Waals surface area contributed by atoms with Gasteiger partial charge in [0.1, 0.15) is 11.6 Å². The van der Waals surface area contributed by atoms with Gasteiger partial charge in [-0.15, -0.1) is 0 Å². The molecule has 128 valence electrons. The van der Waals surface area contributed by atoms with Gasteiger partial charge in [-0.3, -0.25) is 9.89 Å². The third kappa shape index (κ3) is 2.66. The second-order valence-corrected chi connectivity index (χ2v) is 6.17. The number of carbonyl (C=O) groups excluding carboxylic acids is 1. The van der Waals surface area contributed by atoms with Gasteiger partial charge in [-0.05, 0) is 30.7 Å². The number of aliphatic hydroxyl groups is 1. The summed E-state index contributed by atoms with van der Waals surface area (Å²) in [6.45, 7) is 0.0595. The van der Waals surface area contributed by atoms with Crippen LogP contribution >= 0.6 is 0 Å². The summed E-state index contributed by atoms with van der Waals surface area (Å²) >= 11 is 0. The van der Waals surface area contributed by atoms with Gasteiger partial charge in [0.25, 0.3) is 5.91 Å².